The minimum absolute atomic E-state index is 0. The van der Waals surface area contributed by atoms with Gasteiger partial charge in [-0.05, 0) is 30.9 Å². The van der Waals surface area contributed by atoms with Crippen molar-refractivity contribution in [2.75, 3.05) is 26.2 Å². The molecule has 0 bridgehead atoms. The van der Waals surface area contributed by atoms with Gasteiger partial charge in [-0.2, -0.15) is 0 Å². The van der Waals surface area contributed by atoms with Gasteiger partial charge in [0.15, 0.2) is 0 Å². The zero-order valence-electron chi connectivity index (χ0n) is 13.6. The van der Waals surface area contributed by atoms with E-state index in [1.807, 2.05) is 0 Å². The Morgan fingerprint density at radius 1 is 1.14 bits per heavy atom. The number of furan rings is 1. The molecule has 5 heteroatoms. The zero-order valence-corrected chi connectivity index (χ0v) is 15.2. The molecule has 22 heavy (non-hydrogen) atoms. The third-order valence-electron chi connectivity index (χ3n) is 4.96. The Bertz CT molecular complexity index is 395. The van der Waals surface area contributed by atoms with Crippen LogP contribution in [-0.2, 0) is 6.42 Å². The second-order valence-corrected chi connectivity index (χ2v) is 6.29. The van der Waals surface area contributed by atoms with Gasteiger partial charge in [-0.1, -0.05) is 26.2 Å². The van der Waals surface area contributed by atoms with Crippen LogP contribution in [0.25, 0.3) is 0 Å². The third kappa shape index (κ3) is 4.64. The maximum atomic E-state index is 6.14. The van der Waals surface area contributed by atoms with Gasteiger partial charge in [-0.25, -0.2) is 0 Å². The Morgan fingerprint density at radius 2 is 1.82 bits per heavy atom. The average molecular weight is 349 g/mol. The fourth-order valence-electron chi connectivity index (χ4n) is 3.86. The van der Waals surface area contributed by atoms with E-state index in [9.17, 15) is 0 Å². The van der Waals surface area contributed by atoms with Crippen LogP contribution in [0.2, 0.25) is 0 Å². The Morgan fingerprint density at radius 3 is 2.41 bits per heavy atom. The molecule has 128 valence electrons. The molecular weight excluding hydrogens is 319 g/mol. The summed E-state index contributed by atoms with van der Waals surface area (Å²) in [6, 6.07) is 4.92. The molecule has 3 nitrogen and oxygen atoms in total. The van der Waals surface area contributed by atoms with Crippen LogP contribution in [0.5, 0.6) is 0 Å². The predicted molar refractivity (Wildman–Crippen MR) is 96.3 cm³/mol. The number of nitrogens with one attached hydrogen (secondary N) is 1. The first-order chi connectivity index (χ1) is 9.88. The number of rotatable bonds is 4. The van der Waals surface area contributed by atoms with Crippen LogP contribution >= 0.6 is 24.8 Å². The maximum absolute atomic E-state index is 6.14. The van der Waals surface area contributed by atoms with Crippen molar-refractivity contribution >= 4 is 24.8 Å². The van der Waals surface area contributed by atoms with E-state index in [2.05, 4.69) is 29.3 Å². The van der Waals surface area contributed by atoms with Gasteiger partial charge in [0.1, 0.15) is 11.5 Å². The largest absolute Gasteiger partial charge is 0.464 e. The molecular formula is C17H30Cl2N2O. The van der Waals surface area contributed by atoms with Gasteiger partial charge in [-0.3, -0.25) is 4.90 Å². The molecule has 1 atom stereocenters. The molecule has 2 aliphatic rings. The van der Waals surface area contributed by atoms with Crippen molar-refractivity contribution in [2.45, 2.75) is 51.5 Å². The number of hydrogen-bond donors (Lipinski definition) is 1. The SMILES string of the molecule is CCc1ccc([C@@H](C2CCCCC2)N2CCNCC2)o1.Cl.Cl. The highest BCUT2D eigenvalue weighted by Gasteiger charge is 2.32. The smallest absolute Gasteiger partial charge is 0.121 e. The van der Waals surface area contributed by atoms with E-state index < -0.39 is 0 Å². The highest BCUT2D eigenvalue weighted by atomic mass is 35.5. The minimum Gasteiger partial charge on any atom is -0.464 e. The molecule has 0 spiro atoms. The lowest BCUT2D eigenvalue weighted by Crippen LogP contribution is -2.47. The maximum Gasteiger partial charge on any atom is 0.121 e. The Labute approximate surface area is 147 Å². The molecule has 3 rings (SSSR count). The van der Waals surface area contributed by atoms with Gasteiger partial charge >= 0.3 is 0 Å². The van der Waals surface area contributed by atoms with Crippen molar-refractivity contribution in [3.8, 4) is 0 Å². The molecule has 0 amide bonds. The lowest BCUT2D eigenvalue weighted by Gasteiger charge is -2.39. The molecule has 0 aromatic carbocycles. The van der Waals surface area contributed by atoms with Crippen molar-refractivity contribution in [3.63, 3.8) is 0 Å². The van der Waals surface area contributed by atoms with E-state index in [0.29, 0.717) is 6.04 Å². The van der Waals surface area contributed by atoms with Crippen LogP contribution in [0, 0.1) is 5.92 Å². The van der Waals surface area contributed by atoms with E-state index in [1.54, 1.807) is 0 Å². The Balaban J connectivity index is 0.00000121. The quantitative estimate of drug-likeness (QED) is 0.883. The van der Waals surface area contributed by atoms with E-state index in [0.717, 1.165) is 44.3 Å². The fourth-order valence-corrected chi connectivity index (χ4v) is 3.86. The summed E-state index contributed by atoms with van der Waals surface area (Å²) in [4.78, 5) is 2.66. The first-order valence-electron chi connectivity index (χ1n) is 8.42. The van der Waals surface area contributed by atoms with Crippen molar-refractivity contribution in [3.05, 3.63) is 23.7 Å². The van der Waals surface area contributed by atoms with E-state index >= 15 is 0 Å². The molecule has 1 aromatic heterocycles. The van der Waals surface area contributed by atoms with Crippen LogP contribution in [0.4, 0.5) is 0 Å². The highest BCUT2D eigenvalue weighted by Crippen LogP contribution is 2.39. The highest BCUT2D eigenvalue weighted by molar-refractivity contribution is 5.85. The van der Waals surface area contributed by atoms with E-state index in [4.69, 9.17) is 4.42 Å². The molecule has 1 aliphatic heterocycles. The third-order valence-corrected chi connectivity index (χ3v) is 4.96. The van der Waals surface area contributed by atoms with Crippen molar-refractivity contribution < 1.29 is 4.42 Å². The summed E-state index contributed by atoms with van der Waals surface area (Å²) in [5.74, 6) is 3.14. The normalized spacial score (nSPS) is 21.7. The molecule has 1 saturated carbocycles. The van der Waals surface area contributed by atoms with Crippen molar-refractivity contribution in [1.29, 1.82) is 0 Å². The standard InChI is InChI=1S/C17H28N2O.2ClH/c1-2-15-8-9-16(20-15)17(14-6-4-3-5-7-14)19-12-10-18-11-13-19;;/h8-9,14,17-18H,2-7,10-13H2,1H3;2*1H/t17-;;/m1../s1. The predicted octanol–water partition coefficient (Wildman–Crippen LogP) is 4.21. The van der Waals surface area contributed by atoms with Gasteiger partial charge in [0.05, 0.1) is 6.04 Å². The second-order valence-electron chi connectivity index (χ2n) is 6.29. The van der Waals surface area contributed by atoms with Crippen molar-refractivity contribution in [1.82, 2.24) is 10.2 Å². The summed E-state index contributed by atoms with van der Waals surface area (Å²) in [6.45, 7) is 6.71. The molecule has 2 fully saturated rings. The fraction of sp³-hybridized carbons (Fsp3) is 0.765. The Kier molecular flexibility index (Phi) is 8.85. The second kappa shape index (κ2) is 9.82. The monoisotopic (exact) mass is 348 g/mol. The molecule has 1 aliphatic carbocycles. The number of aryl methyl sites for hydroxylation is 1. The van der Waals surface area contributed by atoms with E-state index in [-0.39, 0.29) is 24.8 Å². The van der Waals surface area contributed by atoms with Crippen LogP contribution in [0.1, 0.15) is 56.6 Å². The summed E-state index contributed by atoms with van der Waals surface area (Å²) in [7, 11) is 0. The van der Waals surface area contributed by atoms with Gasteiger partial charge in [0.25, 0.3) is 0 Å². The van der Waals surface area contributed by atoms with Crippen molar-refractivity contribution in [2.24, 2.45) is 5.92 Å². The van der Waals surface area contributed by atoms with Crippen LogP contribution in [-0.4, -0.2) is 31.1 Å². The number of piperazine rings is 1. The number of halogens is 2. The summed E-state index contributed by atoms with van der Waals surface area (Å²) >= 11 is 0. The van der Waals surface area contributed by atoms with Gasteiger partial charge in [0.2, 0.25) is 0 Å². The summed E-state index contributed by atoms with van der Waals surface area (Å²) in [5.41, 5.74) is 0. The molecule has 1 aromatic rings. The topological polar surface area (TPSA) is 28.4 Å². The van der Waals surface area contributed by atoms with Gasteiger partial charge in [0, 0.05) is 32.6 Å². The number of nitrogens with zero attached hydrogens (tertiary/aromatic N) is 1. The van der Waals surface area contributed by atoms with Crippen LogP contribution in [0.15, 0.2) is 16.5 Å². The van der Waals surface area contributed by atoms with Crippen LogP contribution in [0.3, 0.4) is 0 Å². The molecule has 1 saturated heterocycles. The molecule has 0 radical (unpaired) electrons. The van der Waals surface area contributed by atoms with Crippen LogP contribution < -0.4 is 5.32 Å². The number of hydrogen-bond acceptors (Lipinski definition) is 3. The van der Waals surface area contributed by atoms with Gasteiger partial charge in [-0.15, -0.1) is 24.8 Å². The summed E-state index contributed by atoms with van der Waals surface area (Å²) in [5, 5.41) is 3.47. The lowest BCUT2D eigenvalue weighted by atomic mass is 9.82. The lowest BCUT2D eigenvalue weighted by molar-refractivity contribution is 0.0861. The zero-order chi connectivity index (χ0) is 13.8. The summed E-state index contributed by atoms with van der Waals surface area (Å²) < 4.78 is 6.14. The molecule has 0 unspecified atom stereocenters. The molecule has 2 heterocycles. The molecule has 1 N–H and O–H groups in total. The summed E-state index contributed by atoms with van der Waals surface area (Å²) in [6.07, 6.45) is 7.96. The average Bonchev–Trinajstić information content (AvgIpc) is 2.98. The first-order valence-corrected chi connectivity index (χ1v) is 8.42. The minimum atomic E-state index is 0. The van der Waals surface area contributed by atoms with Gasteiger partial charge < -0.3 is 9.73 Å². The Hall–Kier alpha value is -0.220. The van der Waals surface area contributed by atoms with E-state index in [1.165, 1.54) is 37.9 Å². The first kappa shape index (κ1) is 19.8.